The number of hydrogen-bond donors (Lipinski definition) is 2. The van der Waals surface area contributed by atoms with E-state index in [1.165, 1.54) is 6.92 Å². The number of allylic oxidation sites excluding steroid dienone is 3. The number of carbonyl (C=O) groups is 2. The highest BCUT2D eigenvalue weighted by Crippen LogP contribution is 2.31. The first kappa shape index (κ1) is 24.1. The number of hydrogen-bond acceptors (Lipinski definition) is 6. The smallest absolute Gasteiger partial charge is 0.334 e. The number of cyclic esters (lactones) is 1. The van der Waals surface area contributed by atoms with Crippen molar-refractivity contribution in [1.82, 2.24) is 0 Å². The Morgan fingerprint density at radius 1 is 1.32 bits per heavy atom. The number of ether oxygens (including phenoxy) is 2. The van der Waals surface area contributed by atoms with Crippen LogP contribution in [0.25, 0.3) is 0 Å². The Balaban J connectivity index is 2.58. The number of rotatable bonds is 10. The fraction of sp³-hybridized carbons (Fsp3) is 0.636. The van der Waals surface area contributed by atoms with E-state index in [4.69, 9.17) is 14.6 Å². The Labute approximate surface area is 167 Å². The molecule has 0 spiro atoms. The van der Waals surface area contributed by atoms with Crippen molar-refractivity contribution in [3.63, 3.8) is 0 Å². The predicted molar refractivity (Wildman–Crippen MR) is 108 cm³/mol. The summed E-state index contributed by atoms with van der Waals surface area (Å²) in [6, 6.07) is 0. The highest BCUT2D eigenvalue weighted by atomic mass is 16.6. The Kier molecular flexibility index (Phi) is 10.2. The Morgan fingerprint density at radius 3 is 2.68 bits per heavy atom. The van der Waals surface area contributed by atoms with E-state index >= 15 is 0 Å². The lowest BCUT2D eigenvalue weighted by atomic mass is 9.89. The lowest BCUT2D eigenvalue weighted by Gasteiger charge is -2.33. The highest BCUT2D eigenvalue weighted by molar-refractivity contribution is 5.89. The molecule has 0 bridgehead atoms. The van der Waals surface area contributed by atoms with Crippen LogP contribution in [0.4, 0.5) is 0 Å². The van der Waals surface area contributed by atoms with Gasteiger partial charge in [-0.2, -0.15) is 0 Å². The van der Waals surface area contributed by atoms with Gasteiger partial charge in [-0.05, 0) is 64.9 Å². The molecule has 158 valence electrons. The minimum Gasteiger partial charge on any atom is -0.461 e. The van der Waals surface area contributed by atoms with Crippen molar-refractivity contribution in [3.8, 4) is 0 Å². The molecule has 2 N–H and O–H groups in total. The van der Waals surface area contributed by atoms with Crippen molar-refractivity contribution in [3.05, 3.63) is 34.9 Å². The molecule has 0 aromatic heterocycles. The summed E-state index contributed by atoms with van der Waals surface area (Å²) in [6.07, 6.45) is 8.32. The van der Waals surface area contributed by atoms with E-state index < -0.39 is 11.7 Å². The maximum absolute atomic E-state index is 12.5. The third kappa shape index (κ3) is 8.40. The van der Waals surface area contributed by atoms with Gasteiger partial charge in [0, 0.05) is 12.5 Å². The average molecular weight is 395 g/mol. The molecule has 6 heteroatoms. The van der Waals surface area contributed by atoms with E-state index in [2.05, 4.69) is 0 Å². The zero-order valence-corrected chi connectivity index (χ0v) is 17.5. The molecule has 0 saturated carbocycles. The van der Waals surface area contributed by atoms with Gasteiger partial charge in [-0.3, -0.25) is 4.79 Å². The molecule has 1 aliphatic heterocycles. The average Bonchev–Trinajstić information content (AvgIpc) is 2.77. The van der Waals surface area contributed by atoms with Gasteiger partial charge < -0.3 is 19.7 Å². The first-order chi connectivity index (χ1) is 13.2. The van der Waals surface area contributed by atoms with Crippen molar-refractivity contribution in [1.29, 1.82) is 0 Å². The summed E-state index contributed by atoms with van der Waals surface area (Å²) in [7, 11) is 0. The number of esters is 2. The normalized spacial score (nSPS) is 22.2. The van der Waals surface area contributed by atoms with Gasteiger partial charge in [0.2, 0.25) is 0 Å². The molecule has 0 fully saturated rings. The molecule has 28 heavy (non-hydrogen) atoms. The largest absolute Gasteiger partial charge is 0.461 e. The van der Waals surface area contributed by atoms with Crippen LogP contribution in [0.15, 0.2) is 34.9 Å². The summed E-state index contributed by atoms with van der Waals surface area (Å²) in [4.78, 5) is 23.4. The van der Waals surface area contributed by atoms with Crippen molar-refractivity contribution >= 4 is 11.9 Å². The first-order valence-corrected chi connectivity index (χ1v) is 9.84. The summed E-state index contributed by atoms with van der Waals surface area (Å²) in [5.74, 6) is -0.699. The molecule has 0 unspecified atom stereocenters. The molecule has 1 rings (SSSR count). The van der Waals surface area contributed by atoms with E-state index in [0.29, 0.717) is 44.1 Å². The molecule has 6 nitrogen and oxygen atoms in total. The van der Waals surface area contributed by atoms with Gasteiger partial charge in [0.1, 0.15) is 12.2 Å². The van der Waals surface area contributed by atoms with E-state index in [-0.39, 0.29) is 25.2 Å². The molecule has 2 atom stereocenters. The van der Waals surface area contributed by atoms with Crippen molar-refractivity contribution in [2.24, 2.45) is 0 Å². The first-order valence-electron chi connectivity index (χ1n) is 9.84. The summed E-state index contributed by atoms with van der Waals surface area (Å²) in [6.45, 7) is 7.17. The second kappa shape index (κ2) is 11.8. The molecule has 0 radical (unpaired) electrons. The number of aliphatic hydroxyl groups excluding tert-OH is 2. The number of aliphatic hydroxyl groups is 2. The molecular weight excluding hydrogens is 360 g/mol. The minimum absolute atomic E-state index is 0.0176. The van der Waals surface area contributed by atoms with Crippen LogP contribution in [0.5, 0.6) is 0 Å². The monoisotopic (exact) mass is 394 g/mol. The molecule has 0 aliphatic carbocycles. The lowest BCUT2D eigenvalue weighted by Crippen LogP contribution is -2.43. The fourth-order valence-electron chi connectivity index (χ4n) is 3.06. The quantitative estimate of drug-likeness (QED) is 0.436. The van der Waals surface area contributed by atoms with Crippen LogP contribution in [0, 0.1) is 0 Å². The fourth-order valence-corrected chi connectivity index (χ4v) is 3.06. The SMILES string of the molecule is CC(=O)OC/C(C)=C\CCC1=CCC[C@](C)([C@H](O)CC/C(C)=C\CO)OC1=O. The van der Waals surface area contributed by atoms with Gasteiger partial charge in [-0.15, -0.1) is 0 Å². The van der Waals surface area contributed by atoms with Gasteiger partial charge >= 0.3 is 11.9 Å². The van der Waals surface area contributed by atoms with Gasteiger partial charge in [0.25, 0.3) is 0 Å². The maximum atomic E-state index is 12.5. The van der Waals surface area contributed by atoms with Crippen molar-refractivity contribution in [2.75, 3.05) is 13.2 Å². The lowest BCUT2D eigenvalue weighted by molar-refractivity contribution is -0.166. The summed E-state index contributed by atoms with van der Waals surface area (Å²) in [5, 5.41) is 19.5. The van der Waals surface area contributed by atoms with Crippen LogP contribution >= 0.6 is 0 Å². The molecule has 0 saturated heterocycles. The second-order valence-electron chi connectivity index (χ2n) is 7.63. The van der Waals surface area contributed by atoms with E-state index in [9.17, 15) is 14.7 Å². The Hall–Kier alpha value is -1.92. The topological polar surface area (TPSA) is 93.1 Å². The molecule has 0 aromatic rings. The third-order valence-corrected chi connectivity index (χ3v) is 4.99. The summed E-state index contributed by atoms with van der Waals surface area (Å²) < 4.78 is 10.6. The van der Waals surface area contributed by atoms with Crippen molar-refractivity contribution in [2.45, 2.75) is 77.9 Å². The molecule has 0 amide bonds. The standard InChI is InChI=1S/C22H34O6/c1-16(12-14-23)10-11-20(25)22(4)13-6-9-19(21(26)28-22)8-5-7-17(2)15-27-18(3)24/h7,9,12,20,23,25H,5-6,8,10-11,13-15H2,1-4H3/b16-12-,17-7-/t20-,22-/m1/s1. The molecule has 1 heterocycles. The highest BCUT2D eigenvalue weighted by Gasteiger charge is 2.38. The predicted octanol–water partition coefficient (Wildman–Crippen LogP) is 3.38. The summed E-state index contributed by atoms with van der Waals surface area (Å²) >= 11 is 0. The number of carbonyl (C=O) groups excluding carboxylic acids is 2. The van der Waals surface area contributed by atoms with Crippen LogP contribution in [0.2, 0.25) is 0 Å². The van der Waals surface area contributed by atoms with Crippen LogP contribution < -0.4 is 0 Å². The van der Waals surface area contributed by atoms with E-state index in [1.54, 1.807) is 13.0 Å². The van der Waals surface area contributed by atoms with Gasteiger partial charge in [0.15, 0.2) is 0 Å². The minimum atomic E-state index is -0.921. The van der Waals surface area contributed by atoms with Gasteiger partial charge in [0.05, 0.1) is 12.7 Å². The molecule has 0 aromatic carbocycles. The van der Waals surface area contributed by atoms with Crippen LogP contribution in [0.1, 0.15) is 66.2 Å². The Bertz CT molecular complexity index is 631. The maximum Gasteiger partial charge on any atom is 0.334 e. The molecule has 1 aliphatic rings. The van der Waals surface area contributed by atoms with E-state index in [0.717, 1.165) is 11.1 Å². The van der Waals surface area contributed by atoms with E-state index in [1.807, 2.05) is 26.0 Å². The second-order valence-corrected chi connectivity index (χ2v) is 7.63. The van der Waals surface area contributed by atoms with Crippen molar-refractivity contribution < 1.29 is 29.3 Å². The van der Waals surface area contributed by atoms with Gasteiger partial charge in [-0.1, -0.05) is 23.8 Å². The van der Waals surface area contributed by atoms with Crippen LogP contribution in [0.3, 0.4) is 0 Å². The Morgan fingerprint density at radius 2 is 2.04 bits per heavy atom. The van der Waals surface area contributed by atoms with Gasteiger partial charge in [-0.25, -0.2) is 4.79 Å². The zero-order chi connectivity index (χ0) is 21.2. The van der Waals surface area contributed by atoms with Crippen LogP contribution in [-0.4, -0.2) is 47.1 Å². The molecular formula is C22H34O6. The zero-order valence-electron chi connectivity index (χ0n) is 17.5. The van der Waals surface area contributed by atoms with Crippen LogP contribution in [-0.2, 0) is 19.1 Å². The third-order valence-electron chi connectivity index (χ3n) is 4.99. The summed E-state index contributed by atoms with van der Waals surface area (Å²) in [5.41, 5.74) is 1.63.